The second-order valence-electron chi connectivity index (χ2n) is 6.22. The molecular formula is C19H12ClF4N3O5. The zero-order valence-corrected chi connectivity index (χ0v) is 17.0. The van der Waals surface area contributed by atoms with E-state index in [1.807, 2.05) is 0 Å². The van der Waals surface area contributed by atoms with Crippen LogP contribution in [0, 0.1) is 5.82 Å². The molecular weight excluding hydrogens is 462 g/mol. The number of rotatable bonds is 4. The Hall–Kier alpha value is -3.67. The third kappa shape index (κ3) is 4.21. The Balaban J connectivity index is 2.19. The smallest absolute Gasteiger partial charge is 0.431 e. The number of benzene rings is 1. The van der Waals surface area contributed by atoms with Crippen LogP contribution in [0.4, 0.5) is 17.6 Å². The molecule has 168 valence electrons. The number of nitrogens with zero attached hydrogens (tertiary/aromatic N) is 3. The monoisotopic (exact) mass is 473 g/mol. The van der Waals surface area contributed by atoms with Gasteiger partial charge < -0.3 is 9.47 Å². The number of esters is 1. The van der Waals surface area contributed by atoms with Crippen LogP contribution in [0.15, 0.2) is 46.1 Å². The maximum absolute atomic E-state index is 14.6. The first-order valence-corrected chi connectivity index (χ1v) is 8.94. The van der Waals surface area contributed by atoms with E-state index in [1.165, 1.54) is 18.3 Å². The summed E-state index contributed by atoms with van der Waals surface area (Å²) in [5.41, 5.74) is -5.35. The molecule has 0 atom stereocenters. The van der Waals surface area contributed by atoms with Gasteiger partial charge in [-0.15, -0.1) is 0 Å². The lowest BCUT2D eigenvalue weighted by molar-refractivity contribution is -0.144. The summed E-state index contributed by atoms with van der Waals surface area (Å²) in [4.78, 5) is 40.4. The van der Waals surface area contributed by atoms with Gasteiger partial charge in [0.1, 0.15) is 17.3 Å². The average Bonchev–Trinajstić information content (AvgIpc) is 2.72. The first kappa shape index (κ1) is 23.0. The van der Waals surface area contributed by atoms with E-state index in [-0.39, 0.29) is 37.4 Å². The number of hydrogen-bond donors (Lipinski definition) is 0. The molecule has 2 heterocycles. The van der Waals surface area contributed by atoms with Crippen LogP contribution in [0.25, 0.3) is 5.69 Å². The van der Waals surface area contributed by atoms with E-state index in [4.69, 9.17) is 16.3 Å². The van der Waals surface area contributed by atoms with Gasteiger partial charge in [-0.05, 0) is 18.2 Å². The first-order chi connectivity index (χ1) is 15.0. The van der Waals surface area contributed by atoms with Gasteiger partial charge in [-0.1, -0.05) is 11.6 Å². The van der Waals surface area contributed by atoms with Gasteiger partial charge in [-0.2, -0.15) is 13.2 Å². The summed E-state index contributed by atoms with van der Waals surface area (Å²) < 4.78 is 64.2. The van der Waals surface area contributed by atoms with Gasteiger partial charge in [0.25, 0.3) is 5.56 Å². The number of ether oxygens (including phenoxy) is 2. The molecule has 3 rings (SSSR count). The highest BCUT2D eigenvalue weighted by molar-refractivity contribution is 6.32. The van der Waals surface area contributed by atoms with E-state index in [2.05, 4.69) is 9.72 Å². The van der Waals surface area contributed by atoms with Crippen molar-refractivity contribution in [3.05, 3.63) is 79.6 Å². The van der Waals surface area contributed by atoms with Crippen LogP contribution >= 0.6 is 11.6 Å². The molecule has 13 heteroatoms. The highest BCUT2D eigenvalue weighted by Crippen LogP contribution is 2.34. The Bertz CT molecular complexity index is 1330. The summed E-state index contributed by atoms with van der Waals surface area (Å²) in [6.45, 7) is 0. The van der Waals surface area contributed by atoms with Crippen molar-refractivity contribution >= 4 is 17.6 Å². The Morgan fingerprint density at radius 3 is 2.47 bits per heavy atom. The van der Waals surface area contributed by atoms with Gasteiger partial charge >= 0.3 is 17.8 Å². The lowest BCUT2D eigenvalue weighted by Crippen LogP contribution is -2.41. The van der Waals surface area contributed by atoms with Gasteiger partial charge in [0.15, 0.2) is 11.4 Å². The van der Waals surface area contributed by atoms with E-state index < -0.39 is 40.6 Å². The summed E-state index contributed by atoms with van der Waals surface area (Å²) in [5, 5.41) is -0.317. The average molecular weight is 474 g/mol. The van der Waals surface area contributed by atoms with Crippen LogP contribution in [0.3, 0.4) is 0 Å². The van der Waals surface area contributed by atoms with Gasteiger partial charge in [-0.25, -0.2) is 23.5 Å². The van der Waals surface area contributed by atoms with Crippen molar-refractivity contribution < 1.29 is 31.8 Å². The largest absolute Gasteiger partial charge is 0.464 e. The minimum Gasteiger partial charge on any atom is -0.464 e. The van der Waals surface area contributed by atoms with Crippen molar-refractivity contribution in [2.45, 2.75) is 6.18 Å². The Morgan fingerprint density at radius 1 is 1.16 bits per heavy atom. The zero-order chi connectivity index (χ0) is 23.8. The Labute approximate surface area is 181 Å². The lowest BCUT2D eigenvalue weighted by atomic mass is 10.2. The number of aromatic nitrogens is 3. The van der Waals surface area contributed by atoms with E-state index in [0.717, 1.165) is 20.2 Å². The summed E-state index contributed by atoms with van der Waals surface area (Å²) in [6.07, 6.45) is -3.70. The number of pyridine rings is 1. The molecule has 0 fully saturated rings. The molecule has 32 heavy (non-hydrogen) atoms. The summed E-state index contributed by atoms with van der Waals surface area (Å²) in [6, 6.07) is 4.43. The van der Waals surface area contributed by atoms with Crippen molar-refractivity contribution in [2.75, 3.05) is 7.11 Å². The van der Waals surface area contributed by atoms with Gasteiger partial charge in [0, 0.05) is 25.4 Å². The minimum absolute atomic E-state index is 0.147. The molecule has 1 aromatic carbocycles. The molecule has 0 aliphatic heterocycles. The zero-order valence-electron chi connectivity index (χ0n) is 16.2. The number of methoxy groups -OCH3 is 1. The molecule has 0 saturated carbocycles. The Kier molecular flexibility index (Phi) is 6.08. The molecule has 2 aromatic heterocycles. The maximum Gasteiger partial charge on any atom is 0.431 e. The van der Waals surface area contributed by atoms with Crippen LogP contribution < -0.4 is 16.0 Å². The molecule has 0 saturated heterocycles. The number of alkyl halides is 3. The number of hydrogen-bond acceptors (Lipinski definition) is 6. The van der Waals surface area contributed by atoms with Crippen LogP contribution in [-0.2, 0) is 18.0 Å². The molecule has 3 aromatic rings. The van der Waals surface area contributed by atoms with Gasteiger partial charge in [-0.3, -0.25) is 9.36 Å². The van der Waals surface area contributed by atoms with E-state index >= 15 is 0 Å². The van der Waals surface area contributed by atoms with E-state index in [1.54, 1.807) is 0 Å². The molecule has 0 bridgehead atoms. The predicted octanol–water partition coefficient (Wildman–Crippen LogP) is 3.32. The van der Waals surface area contributed by atoms with Crippen LogP contribution in [0.5, 0.6) is 11.5 Å². The molecule has 0 amide bonds. The standard InChI is InChI=1S/C19H12ClF4N3O5/c1-26-14(19(22,23)24)8-15(28)27(18(26)30)11-7-13(9(20)6-10(11)21)32-12-4-3-5-25-16(12)17(29)31-2/h3-8H,1-2H3. The SMILES string of the molecule is COC(=O)c1ncccc1Oc1cc(-n2c(=O)cc(C(F)(F)F)n(C)c2=O)c(F)cc1Cl. The first-order valence-electron chi connectivity index (χ1n) is 8.56. The molecule has 0 radical (unpaired) electrons. The second kappa shape index (κ2) is 8.46. The number of carbonyl (C=O) groups excluding carboxylic acids is 1. The van der Waals surface area contributed by atoms with Gasteiger partial charge in [0.2, 0.25) is 0 Å². The minimum atomic E-state index is -4.98. The molecule has 0 unspecified atom stereocenters. The summed E-state index contributed by atoms with van der Waals surface area (Å²) in [5.74, 6) is -2.49. The van der Waals surface area contributed by atoms with Crippen molar-refractivity contribution in [1.82, 2.24) is 14.1 Å². The van der Waals surface area contributed by atoms with Crippen LogP contribution in [0.1, 0.15) is 16.2 Å². The van der Waals surface area contributed by atoms with E-state index in [0.29, 0.717) is 6.07 Å². The molecule has 0 aliphatic rings. The fourth-order valence-corrected chi connectivity index (χ4v) is 2.92. The molecule has 8 nitrogen and oxygen atoms in total. The second-order valence-corrected chi connectivity index (χ2v) is 6.63. The normalized spacial score (nSPS) is 11.3. The highest BCUT2D eigenvalue weighted by Gasteiger charge is 2.35. The third-order valence-electron chi connectivity index (χ3n) is 4.22. The summed E-state index contributed by atoms with van der Waals surface area (Å²) >= 11 is 5.98. The van der Waals surface area contributed by atoms with Crippen molar-refractivity contribution in [3.8, 4) is 17.2 Å². The lowest BCUT2D eigenvalue weighted by Gasteiger charge is -2.16. The maximum atomic E-state index is 14.6. The van der Waals surface area contributed by atoms with Crippen molar-refractivity contribution in [1.29, 1.82) is 0 Å². The van der Waals surface area contributed by atoms with Crippen molar-refractivity contribution in [3.63, 3.8) is 0 Å². The van der Waals surface area contributed by atoms with Crippen LogP contribution in [-0.4, -0.2) is 27.2 Å². The highest BCUT2D eigenvalue weighted by atomic mass is 35.5. The van der Waals surface area contributed by atoms with E-state index in [9.17, 15) is 31.9 Å². The summed E-state index contributed by atoms with van der Waals surface area (Å²) in [7, 11) is 1.89. The number of halogens is 5. The fourth-order valence-electron chi connectivity index (χ4n) is 2.73. The Morgan fingerprint density at radius 2 is 1.84 bits per heavy atom. The molecule has 0 aliphatic carbocycles. The number of carbonyl (C=O) groups is 1. The fraction of sp³-hybridized carbons (Fsp3) is 0.158. The van der Waals surface area contributed by atoms with Crippen molar-refractivity contribution in [2.24, 2.45) is 7.05 Å². The predicted molar refractivity (Wildman–Crippen MR) is 103 cm³/mol. The quantitative estimate of drug-likeness (QED) is 0.426. The molecule has 0 spiro atoms. The third-order valence-corrected chi connectivity index (χ3v) is 4.52. The van der Waals surface area contributed by atoms with Gasteiger partial charge in [0.05, 0.1) is 17.8 Å². The molecule has 0 N–H and O–H groups in total. The topological polar surface area (TPSA) is 92.4 Å². The van der Waals surface area contributed by atoms with Crippen LogP contribution in [0.2, 0.25) is 5.02 Å².